The number of benzene rings is 1. The highest BCUT2D eigenvalue weighted by atomic mass is 32.2. The summed E-state index contributed by atoms with van der Waals surface area (Å²) >= 11 is 0. The number of cyclic esters (lactones) is 1. The number of fused-ring (bicyclic) bond motifs is 3. The number of rotatable bonds is 11. The largest absolute Gasteiger partial charge is 0.465 e. The molecule has 6 rings (SSSR count). The fraction of sp³-hybridized carbons (Fsp3) is 0.581. The summed E-state index contributed by atoms with van der Waals surface area (Å²) in [5.41, 5.74) is 2.01. The molecular formula is C43H55N3O10S. The Balaban J connectivity index is 1.30. The Kier molecular flexibility index (Phi) is 12.3. The number of ketones is 2. The van der Waals surface area contributed by atoms with E-state index in [0.717, 1.165) is 22.3 Å². The average Bonchev–Trinajstić information content (AvgIpc) is 4.04. The molecule has 0 aromatic heterocycles. The highest BCUT2D eigenvalue weighted by molar-refractivity contribution is 7.90. The van der Waals surface area contributed by atoms with Crippen LogP contribution in [0.1, 0.15) is 109 Å². The lowest BCUT2D eigenvalue weighted by molar-refractivity contribution is -0.152. The first kappa shape index (κ1) is 42.0. The highest BCUT2D eigenvalue weighted by Crippen LogP contribution is 2.57. The van der Waals surface area contributed by atoms with Crippen molar-refractivity contribution in [3.05, 3.63) is 65.3 Å². The van der Waals surface area contributed by atoms with Crippen LogP contribution in [0.5, 0.6) is 0 Å². The number of allylic oxidation sites excluding steroid dienone is 4. The van der Waals surface area contributed by atoms with Crippen LogP contribution < -0.4 is 4.72 Å². The second-order valence-electron chi connectivity index (χ2n) is 17.5. The van der Waals surface area contributed by atoms with E-state index in [9.17, 15) is 37.2 Å². The van der Waals surface area contributed by atoms with Crippen molar-refractivity contribution in [3.63, 3.8) is 0 Å². The molecule has 3 heterocycles. The Morgan fingerprint density at radius 3 is 2.53 bits per heavy atom. The minimum Gasteiger partial charge on any atom is -0.465 e. The molecule has 1 aromatic rings. The molecular weight excluding hydrogens is 751 g/mol. The normalized spacial score (nSPS) is 28.1. The number of nitrogens with one attached hydrogen (secondary N) is 1. The summed E-state index contributed by atoms with van der Waals surface area (Å²) in [5, 5.41) is -0.648. The number of sulfonamides is 1. The molecule has 13 nitrogen and oxygen atoms in total. The number of amides is 3. The van der Waals surface area contributed by atoms with E-state index in [1.54, 1.807) is 18.7 Å². The number of esters is 1. The first-order valence-electron chi connectivity index (χ1n) is 20.0. The van der Waals surface area contributed by atoms with E-state index in [-0.39, 0.29) is 62.9 Å². The van der Waals surface area contributed by atoms with Gasteiger partial charge in [-0.05, 0) is 86.5 Å². The average molecular weight is 806 g/mol. The maximum Gasteiger partial charge on any atom is 0.410 e. The molecule has 308 valence electrons. The molecule has 3 aliphatic heterocycles. The van der Waals surface area contributed by atoms with Crippen molar-refractivity contribution in [1.82, 2.24) is 14.5 Å². The summed E-state index contributed by atoms with van der Waals surface area (Å²) in [6, 6.07) is 4.75. The third-order valence-electron chi connectivity index (χ3n) is 11.9. The van der Waals surface area contributed by atoms with Gasteiger partial charge in [-0.1, -0.05) is 55.8 Å². The van der Waals surface area contributed by atoms with E-state index >= 15 is 0 Å². The minimum absolute atomic E-state index is 0.00484. The van der Waals surface area contributed by atoms with Crippen molar-refractivity contribution < 1.29 is 46.7 Å². The van der Waals surface area contributed by atoms with Gasteiger partial charge in [-0.25, -0.2) is 13.2 Å². The molecule has 1 saturated heterocycles. The van der Waals surface area contributed by atoms with Gasteiger partial charge in [0, 0.05) is 31.7 Å². The summed E-state index contributed by atoms with van der Waals surface area (Å²) in [6.07, 6.45) is 7.33. The van der Waals surface area contributed by atoms with Crippen LogP contribution in [-0.2, 0) is 56.6 Å². The Labute approximate surface area is 335 Å². The number of hydrogen-bond acceptors (Lipinski definition) is 10. The lowest BCUT2D eigenvalue weighted by Gasteiger charge is -2.29. The zero-order valence-electron chi connectivity index (χ0n) is 33.4. The number of carbonyl (C=O) groups is 6. The van der Waals surface area contributed by atoms with Crippen LogP contribution in [0, 0.1) is 22.7 Å². The van der Waals surface area contributed by atoms with Crippen molar-refractivity contribution >= 4 is 51.5 Å². The van der Waals surface area contributed by atoms with Gasteiger partial charge in [0.05, 0.1) is 42.8 Å². The molecule has 57 heavy (non-hydrogen) atoms. The van der Waals surface area contributed by atoms with Gasteiger partial charge < -0.3 is 14.4 Å². The van der Waals surface area contributed by atoms with Crippen molar-refractivity contribution in [2.24, 2.45) is 22.7 Å². The number of Topliss-reactive ketones (excluding diaryl/α,β-unsaturated/α-hetero) is 1. The van der Waals surface area contributed by atoms with Crippen LogP contribution in [-0.4, -0.2) is 84.2 Å². The Morgan fingerprint density at radius 1 is 1.09 bits per heavy atom. The number of ether oxygens (including phenoxy) is 2. The molecule has 1 N–H and O–H groups in total. The third kappa shape index (κ3) is 9.93. The van der Waals surface area contributed by atoms with Crippen molar-refractivity contribution in [1.29, 1.82) is 0 Å². The smallest absolute Gasteiger partial charge is 0.410 e. The second-order valence-corrected chi connectivity index (χ2v) is 19.5. The minimum atomic E-state index is -3.90. The van der Waals surface area contributed by atoms with Crippen LogP contribution in [0.25, 0.3) is 6.08 Å². The van der Waals surface area contributed by atoms with Gasteiger partial charge in [0.2, 0.25) is 21.8 Å². The Morgan fingerprint density at radius 2 is 1.84 bits per heavy atom. The van der Waals surface area contributed by atoms with Crippen LogP contribution in [0.4, 0.5) is 4.79 Å². The number of hydrogen-bond donors (Lipinski definition) is 1. The quantitative estimate of drug-likeness (QED) is 0.169. The number of nitrogens with zero attached hydrogens (tertiary/aromatic N) is 2. The molecule has 14 heteroatoms. The lowest BCUT2D eigenvalue weighted by Crippen LogP contribution is -2.46. The molecule has 3 amide bonds. The summed E-state index contributed by atoms with van der Waals surface area (Å²) < 4.78 is 39.5. The maximum absolute atomic E-state index is 14.6. The zero-order valence-corrected chi connectivity index (χ0v) is 34.2. The molecule has 5 atom stereocenters. The van der Waals surface area contributed by atoms with Crippen LogP contribution in [0.2, 0.25) is 0 Å². The zero-order chi connectivity index (χ0) is 41.3. The predicted molar refractivity (Wildman–Crippen MR) is 211 cm³/mol. The Bertz CT molecular complexity index is 2000. The molecule has 3 fully saturated rings. The molecule has 2 aliphatic carbocycles. The SMILES string of the molecule is C=C[C@@H]1C[C@]1(CC(=O)[C@@H]1C[C@@H]2CN1C(=O)[C@H](CCC(=O)C=C(C)C)CC(=O)OCC(C)(C)CC/C=C/c1cccc3c1CN(C3)C(=O)O2)C(=O)NS(=O)(=O)C1CC1. The standard InChI is InChI=1S/C43H55N3O10S/c1-6-31-21-43(31,40(51)44-57(53,54)34-15-16-34)22-37(48)36-20-33-24-46(36)39(50)29(13-14-32(47)18-27(2)3)19-38(49)55-26-42(4,5)17-8-7-10-28-11-9-12-30-23-45(25-35(28)30)41(52)56-33/h6-7,9-12,18,29,31,33-34,36H,1,8,13-17,19-26H2,2-5H3,(H,44,51)/b10-7+/t29-,31-,33-,36+,43-/m1/s1. The predicted octanol–water partition coefficient (Wildman–Crippen LogP) is 5.57. The lowest BCUT2D eigenvalue weighted by atomic mass is 9.88. The van der Waals surface area contributed by atoms with Crippen molar-refractivity contribution in [2.45, 2.75) is 122 Å². The van der Waals surface area contributed by atoms with E-state index in [0.29, 0.717) is 38.8 Å². The van der Waals surface area contributed by atoms with Crippen molar-refractivity contribution in [3.8, 4) is 0 Å². The van der Waals surface area contributed by atoms with E-state index in [4.69, 9.17) is 9.47 Å². The van der Waals surface area contributed by atoms with Gasteiger partial charge in [-0.15, -0.1) is 6.58 Å². The molecule has 5 aliphatic rings. The van der Waals surface area contributed by atoms with Crippen LogP contribution in [0.15, 0.2) is 48.6 Å². The van der Waals surface area contributed by atoms with E-state index in [1.165, 1.54) is 17.1 Å². The highest BCUT2D eigenvalue weighted by Gasteiger charge is 2.61. The summed E-state index contributed by atoms with van der Waals surface area (Å²) in [7, 11) is -3.90. The van der Waals surface area contributed by atoms with E-state index in [1.807, 2.05) is 38.1 Å². The molecule has 4 bridgehead atoms. The summed E-state index contributed by atoms with van der Waals surface area (Å²) in [4.78, 5) is 85.5. The topological polar surface area (TPSA) is 174 Å². The molecule has 0 spiro atoms. The van der Waals surface area contributed by atoms with Gasteiger partial charge in [-0.3, -0.25) is 33.6 Å². The van der Waals surface area contributed by atoms with Gasteiger partial charge in [0.25, 0.3) is 0 Å². The second kappa shape index (κ2) is 16.7. The fourth-order valence-corrected chi connectivity index (χ4v) is 9.63. The van der Waals surface area contributed by atoms with Crippen molar-refractivity contribution in [2.75, 3.05) is 13.2 Å². The maximum atomic E-state index is 14.6. The number of carbonyl (C=O) groups excluding carboxylic acids is 6. The Hall–Kier alpha value is -4.59. The molecule has 0 unspecified atom stereocenters. The molecule has 1 aromatic carbocycles. The van der Waals surface area contributed by atoms with E-state index < -0.39 is 74.3 Å². The first-order chi connectivity index (χ1) is 26.9. The van der Waals surface area contributed by atoms with Gasteiger partial charge in [0.1, 0.15) is 6.10 Å². The summed E-state index contributed by atoms with van der Waals surface area (Å²) in [5.74, 6) is -4.19. The van der Waals surface area contributed by atoms with Gasteiger partial charge in [0.15, 0.2) is 11.6 Å². The summed E-state index contributed by atoms with van der Waals surface area (Å²) in [6.45, 7) is 12.0. The third-order valence-corrected chi connectivity index (χ3v) is 13.7. The van der Waals surface area contributed by atoms with Gasteiger partial charge >= 0.3 is 12.1 Å². The molecule has 0 radical (unpaired) electrons. The van der Waals surface area contributed by atoms with Gasteiger partial charge in [-0.2, -0.15) is 0 Å². The fourth-order valence-electron chi connectivity index (χ4n) is 8.24. The monoisotopic (exact) mass is 805 g/mol. The molecule has 2 saturated carbocycles. The van der Waals surface area contributed by atoms with Crippen LogP contribution in [0.3, 0.4) is 0 Å². The van der Waals surface area contributed by atoms with Crippen LogP contribution >= 0.6 is 0 Å². The van der Waals surface area contributed by atoms with E-state index in [2.05, 4.69) is 17.4 Å². The first-order valence-corrected chi connectivity index (χ1v) is 21.5.